The third-order valence-electron chi connectivity index (χ3n) is 2.62. The summed E-state index contributed by atoms with van der Waals surface area (Å²) in [5.41, 5.74) is 2.57. The number of hydrogen-bond acceptors (Lipinski definition) is 4. The fraction of sp³-hybridized carbons (Fsp3) is 0.231. The van der Waals surface area contributed by atoms with Crippen LogP contribution in [0, 0.1) is 13.8 Å². The van der Waals surface area contributed by atoms with Gasteiger partial charge in [0, 0.05) is 5.69 Å². The Kier molecular flexibility index (Phi) is 3.67. The molecule has 2 rings (SSSR count). The maximum absolute atomic E-state index is 6.05. The molecule has 0 bridgehead atoms. The molecular weight excluding hydrogens is 250 g/mol. The van der Waals surface area contributed by atoms with E-state index in [0.717, 1.165) is 22.8 Å². The van der Waals surface area contributed by atoms with Crippen molar-refractivity contribution in [3.63, 3.8) is 0 Å². The lowest BCUT2D eigenvalue weighted by molar-refractivity contribution is 0.415. The molecule has 1 aromatic heterocycles. The minimum atomic E-state index is 0.369. The summed E-state index contributed by atoms with van der Waals surface area (Å²) in [5.74, 6) is 1.36. The van der Waals surface area contributed by atoms with Crippen molar-refractivity contribution in [3.05, 3.63) is 40.8 Å². The van der Waals surface area contributed by atoms with Crippen molar-refractivity contribution in [2.45, 2.75) is 13.8 Å². The van der Waals surface area contributed by atoms with E-state index in [0.29, 0.717) is 11.0 Å². The van der Waals surface area contributed by atoms with Crippen molar-refractivity contribution < 1.29 is 4.74 Å². The molecule has 94 valence electrons. The molecule has 0 radical (unpaired) electrons. The van der Waals surface area contributed by atoms with Crippen molar-refractivity contribution in [2.75, 3.05) is 12.4 Å². The van der Waals surface area contributed by atoms with Gasteiger partial charge in [-0.2, -0.15) is 0 Å². The zero-order valence-corrected chi connectivity index (χ0v) is 11.2. The van der Waals surface area contributed by atoms with Crippen LogP contribution in [0.2, 0.25) is 5.15 Å². The van der Waals surface area contributed by atoms with Crippen molar-refractivity contribution in [3.8, 4) is 5.75 Å². The van der Waals surface area contributed by atoms with Gasteiger partial charge in [-0.3, -0.25) is 0 Å². The number of aryl methyl sites for hydroxylation is 2. The zero-order chi connectivity index (χ0) is 13.1. The van der Waals surface area contributed by atoms with E-state index in [1.165, 1.54) is 0 Å². The Balaban J connectivity index is 2.25. The minimum Gasteiger partial charge on any atom is -0.497 e. The second-order valence-electron chi connectivity index (χ2n) is 3.89. The molecule has 1 N–H and O–H groups in total. The average molecular weight is 264 g/mol. The summed E-state index contributed by atoms with van der Waals surface area (Å²) in [5, 5.41) is 3.50. The lowest BCUT2D eigenvalue weighted by Gasteiger charge is -2.09. The van der Waals surface area contributed by atoms with E-state index in [1.54, 1.807) is 7.11 Å². The lowest BCUT2D eigenvalue weighted by atomic mass is 10.3. The van der Waals surface area contributed by atoms with Gasteiger partial charge in [0.1, 0.15) is 5.75 Å². The van der Waals surface area contributed by atoms with Crippen LogP contribution in [0.5, 0.6) is 5.75 Å². The second-order valence-corrected chi connectivity index (χ2v) is 4.25. The van der Waals surface area contributed by atoms with E-state index in [1.807, 2.05) is 38.1 Å². The van der Waals surface area contributed by atoms with E-state index >= 15 is 0 Å². The number of rotatable bonds is 3. The molecule has 0 amide bonds. The Morgan fingerprint density at radius 3 is 2.28 bits per heavy atom. The van der Waals surface area contributed by atoms with Crippen LogP contribution >= 0.6 is 11.6 Å². The highest BCUT2D eigenvalue weighted by Gasteiger charge is 2.07. The first kappa shape index (κ1) is 12.6. The summed E-state index contributed by atoms with van der Waals surface area (Å²) in [7, 11) is 1.63. The monoisotopic (exact) mass is 263 g/mol. The number of aromatic nitrogens is 2. The molecule has 0 saturated heterocycles. The molecule has 0 atom stereocenters. The van der Waals surface area contributed by atoms with E-state index in [9.17, 15) is 0 Å². The predicted molar refractivity (Wildman–Crippen MR) is 72.8 cm³/mol. The van der Waals surface area contributed by atoms with Gasteiger partial charge in [-0.15, -0.1) is 0 Å². The first-order valence-electron chi connectivity index (χ1n) is 5.52. The van der Waals surface area contributed by atoms with Crippen LogP contribution in [0.1, 0.15) is 11.4 Å². The zero-order valence-electron chi connectivity index (χ0n) is 10.5. The molecule has 0 aliphatic heterocycles. The number of halogens is 1. The van der Waals surface area contributed by atoms with Gasteiger partial charge in [0.05, 0.1) is 18.5 Å². The Labute approximate surface area is 111 Å². The summed E-state index contributed by atoms with van der Waals surface area (Å²) in [6.45, 7) is 3.78. The van der Waals surface area contributed by atoms with Crippen LogP contribution in [0.4, 0.5) is 11.5 Å². The van der Waals surface area contributed by atoms with Crippen LogP contribution in [0.15, 0.2) is 24.3 Å². The van der Waals surface area contributed by atoms with Gasteiger partial charge in [-0.05, 0) is 38.1 Å². The van der Waals surface area contributed by atoms with Crippen LogP contribution in [0.25, 0.3) is 0 Å². The van der Waals surface area contributed by atoms with Crippen LogP contribution in [-0.4, -0.2) is 17.1 Å². The summed E-state index contributed by atoms with van der Waals surface area (Å²) in [6.07, 6.45) is 0. The van der Waals surface area contributed by atoms with Gasteiger partial charge < -0.3 is 10.1 Å². The largest absolute Gasteiger partial charge is 0.497 e. The molecule has 0 fully saturated rings. The molecule has 1 heterocycles. The highest BCUT2D eigenvalue weighted by molar-refractivity contribution is 6.31. The molecule has 4 nitrogen and oxygen atoms in total. The van der Waals surface area contributed by atoms with Crippen LogP contribution < -0.4 is 10.1 Å². The third-order valence-corrected chi connectivity index (χ3v) is 2.88. The van der Waals surface area contributed by atoms with E-state index < -0.39 is 0 Å². The molecule has 0 aliphatic rings. The van der Waals surface area contributed by atoms with Crippen LogP contribution in [-0.2, 0) is 0 Å². The molecular formula is C13H14ClN3O. The highest BCUT2D eigenvalue weighted by Crippen LogP contribution is 2.24. The number of anilines is 2. The molecule has 18 heavy (non-hydrogen) atoms. The summed E-state index contributed by atoms with van der Waals surface area (Å²) in [4.78, 5) is 8.59. The molecule has 2 aromatic rings. The number of benzene rings is 1. The number of methoxy groups -OCH3 is 1. The molecule has 0 spiro atoms. The Morgan fingerprint density at radius 2 is 1.67 bits per heavy atom. The van der Waals surface area contributed by atoms with E-state index in [2.05, 4.69) is 15.3 Å². The van der Waals surface area contributed by atoms with Crippen molar-refractivity contribution in [2.24, 2.45) is 0 Å². The Morgan fingerprint density at radius 1 is 1.06 bits per heavy atom. The average Bonchev–Trinajstić information content (AvgIpc) is 2.37. The number of ether oxygens (including phenoxy) is 1. The maximum Gasteiger partial charge on any atom is 0.172 e. The molecule has 0 saturated carbocycles. The van der Waals surface area contributed by atoms with Gasteiger partial charge in [0.15, 0.2) is 11.0 Å². The topological polar surface area (TPSA) is 47.0 Å². The summed E-state index contributed by atoms with van der Waals surface area (Å²) in [6, 6.07) is 7.52. The lowest BCUT2D eigenvalue weighted by Crippen LogP contribution is -2.00. The Bertz CT molecular complexity index is 555. The molecule has 5 heteroatoms. The quantitative estimate of drug-likeness (QED) is 0.921. The van der Waals surface area contributed by atoms with Crippen molar-refractivity contribution in [1.29, 1.82) is 0 Å². The van der Waals surface area contributed by atoms with Crippen molar-refractivity contribution >= 4 is 23.1 Å². The highest BCUT2D eigenvalue weighted by atomic mass is 35.5. The number of hydrogen-bond donors (Lipinski definition) is 1. The molecule has 0 unspecified atom stereocenters. The number of nitrogens with zero attached hydrogens (tertiary/aromatic N) is 2. The SMILES string of the molecule is COc1ccc(Nc2nc(C)c(C)nc2Cl)cc1. The van der Waals surface area contributed by atoms with Gasteiger partial charge >= 0.3 is 0 Å². The molecule has 1 aromatic carbocycles. The molecule has 0 aliphatic carbocycles. The second kappa shape index (κ2) is 5.23. The predicted octanol–water partition coefficient (Wildman–Crippen LogP) is 3.50. The number of nitrogens with one attached hydrogen (secondary N) is 1. The van der Waals surface area contributed by atoms with Gasteiger partial charge in [-0.25, -0.2) is 9.97 Å². The minimum absolute atomic E-state index is 0.369. The first-order valence-corrected chi connectivity index (χ1v) is 5.90. The normalized spacial score (nSPS) is 10.2. The Hall–Kier alpha value is -1.81. The fourth-order valence-electron chi connectivity index (χ4n) is 1.47. The van der Waals surface area contributed by atoms with Crippen LogP contribution in [0.3, 0.4) is 0 Å². The smallest absolute Gasteiger partial charge is 0.172 e. The summed E-state index contributed by atoms with van der Waals surface area (Å²) < 4.78 is 5.10. The maximum atomic E-state index is 6.05. The van der Waals surface area contributed by atoms with Gasteiger partial charge in [-0.1, -0.05) is 11.6 Å². The van der Waals surface area contributed by atoms with E-state index in [-0.39, 0.29) is 0 Å². The fourth-order valence-corrected chi connectivity index (χ4v) is 1.68. The van der Waals surface area contributed by atoms with E-state index in [4.69, 9.17) is 16.3 Å². The van der Waals surface area contributed by atoms with Gasteiger partial charge in [0.25, 0.3) is 0 Å². The van der Waals surface area contributed by atoms with Gasteiger partial charge in [0.2, 0.25) is 0 Å². The van der Waals surface area contributed by atoms with Crippen molar-refractivity contribution in [1.82, 2.24) is 9.97 Å². The third kappa shape index (κ3) is 2.71. The first-order chi connectivity index (χ1) is 8.60. The standard InChI is InChI=1S/C13H14ClN3O/c1-8-9(2)16-13(12(14)15-8)17-10-4-6-11(18-3)7-5-10/h4-7H,1-3H3,(H,16,17). The summed E-state index contributed by atoms with van der Waals surface area (Å²) >= 11 is 6.05.